The highest BCUT2D eigenvalue weighted by atomic mass is 35.5. The quantitative estimate of drug-likeness (QED) is 0.836. The Balaban J connectivity index is 0.00000208. The summed E-state index contributed by atoms with van der Waals surface area (Å²) in [6.07, 6.45) is 3.06. The van der Waals surface area contributed by atoms with Crippen molar-refractivity contribution in [2.24, 2.45) is 5.92 Å². The Hall–Kier alpha value is -1.50. The Bertz CT molecular complexity index is 673. The molecule has 132 valence electrons. The van der Waals surface area contributed by atoms with Crippen LogP contribution >= 0.6 is 24.0 Å². The van der Waals surface area contributed by atoms with Crippen LogP contribution in [0.2, 0.25) is 5.02 Å². The molecule has 8 heteroatoms. The van der Waals surface area contributed by atoms with Gasteiger partial charge in [0.25, 0.3) is 0 Å². The maximum atomic E-state index is 6.22. The summed E-state index contributed by atoms with van der Waals surface area (Å²) in [4.78, 5) is 4.46. The van der Waals surface area contributed by atoms with Crippen molar-refractivity contribution in [3.05, 3.63) is 23.0 Å². The number of halogens is 2. The van der Waals surface area contributed by atoms with Crippen LogP contribution in [-0.2, 0) is 6.42 Å². The third-order valence-corrected chi connectivity index (χ3v) is 4.37. The highest BCUT2D eigenvalue weighted by Gasteiger charge is 2.18. The number of aromatic nitrogens is 2. The minimum Gasteiger partial charge on any atom is -0.493 e. The third-order valence-electron chi connectivity index (χ3n) is 4.09. The molecule has 0 radical (unpaired) electrons. The largest absolute Gasteiger partial charge is 0.493 e. The number of methoxy groups -OCH3 is 2. The molecule has 1 saturated heterocycles. The van der Waals surface area contributed by atoms with E-state index in [1.807, 2.05) is 0 Å². The van der Waals surface area contributed by atoms with Crippen LogP contribution in [0.4, 0.5) is 0 Å². The maximum absolute atomic E-state index is 6.22. The minimum atomic E-state index is 0. The van der Waals surface area contributed by atoms with Crippen molar-refractivity contribution in [2.75, 3.05) is 27.3 Å². The fourth-order valence-electron chi connectivity index (χ4n) is 2.81. The zero-order valence-electron chi connectivity index (χ0n) is 13.7. The lowest BCUT2D eigenvalue weighted by Gasteiger charge is -2.10. The fraction of sp³-hybridized carbons (Fsp3) is 0.500. The topological polar surface area (TPSA) is 69.4 Å². The van der Waals surface area contributed by atoms with Crippen molar-refractivity contribution in [3.8, 4) is 22.9 Å². The Labute approximate surface area is 152 Å². The van der Waals surface area contributed by atoms with Crippen molar-refractivity contribution in [1.29, 1.82) is 0 Å². The average Bonchev–Trinajstić information content (AvgIpc) is 3.23. The highest BCUT2D eigenvalue weighted by Crippen LogP contribution is 2.38. The first-order valence-corrected chi connectivity index (χ1v) is 8.04. The van der Waals surface area contributed by atoms with Crippen molar-refractivity contribution >= 4 is 24.0 Å². The van der Waals surface area contributed by atoms with Crippen LogP contribution in [0, 0.1) is 5.92 Å². The molecule has 6 nitrogen and oxygen atoms in total. The van der Waals surface area contributed by atoms with Gasteiger partial charge in [-0.1, -0.05) is 16.8 Å². The van der Waals surface area contributed by atoms with Gasteiger partial charge in [-0.3, -0.25) is 0 Å². The van der Waals surface area contributed by atoms with Crippen LogP contribution in [0.25, 0.3) is 11.4 Å². The molecule has 2 aromatic rings. The standard InChI is InChI=1S/C16H20ClN3O3.ClH/c1-21-13-8-11(7-12(17)15(13)22-2)16-19-14(23-20-16)4-3-10-5-6-18-9-10;/h7-8,10,18H,3-6,9H2,1-2H3;1H. The molecule has 1 unspecified atom stereocenters. The zero-order valence-corrected chi connectivity index (χ0v) is 15.2. The number of hydrogen-bond acceptors (Lipinski definition) is 6. The molecule has 1 aromatic carbocycles. The summed E-state index contributed by atoms with van der Waals surface area (Å²) in [5, 5.41) is 7.86. The molecule has 1 aliphatic heterocycles. The Morgan fingerprint density at radius 3 is 2.83 bits per heavy atom. The SMILES string of the molecule is COc1cc(-c2noc(CCC3CCNC3)n2)cc(Cl)c1OC.Cl. The molecule has 1 aromatic heterocycles. The number of ether oxygens (including phenoxy) is 2. The zero-order chi connectivity index (χ0) is 16.2. The monoisotopic (exact) mass is 373 g/mol. The smallest absolute Gasteiger partial charge is 0.226 e. The van der Waals surface area contributed by atoms with Gasteiger partial charge in [0.1, 0.15) is 0 Å². The van der Waals surface area contributed by atoms with Gasteiger partial charge in [-0.25, -0.2) is 0 Å². The molecular formula is C16H21Cl2N3O3. The summed E-state index contributed by atoms with van der Waals surface area (Å²) in [5.74, 6) is 2.89. The van der Waals surface area contributed by atoms with E-state index in [1.54, 1.807) is 26.4 Å². The normalized spacial score (nSPS) is 16.7. The molecule has 1 fully saturated rings. The van der Waals surface area contributed by atoms with Gasteiger partial charge < -0.3 is 19.3 Å². The third kappa shape index (κ3) is 4.12. The first-order chi connectivity index (χ1) is 11.2. The number of rotatable bonds is 6. The van der Waals surface area contributed by atoms with E-state index in [2.05, 4.69) is 15.5 Å². The summed E-state index contributed by atoms with van der Waals surface area (Å²) < 4.78 is 15.9. The second kappa shape index (κ2) is 8.55. The van der Waals surface area contributed by atoms with E-state index >= 15 is 0 Å². The second-order valence-electron chi connectivity index (χ2n) is 5.60. The van der Waals surface area contributed by atoms with Crippen molar-refractivity contribution in [1.82, 2.24) is 15.5 Å². The first kappa shape index (κ1) is 18.8. The van der Waals surface area contributed by atoms with E-state index in [0.717, 1.165) is 31.5 Å². The van der Waals surface area contributed by atoms with E-state index in [-0.39, 0.29) is 12.4 Å². The molecule has 1 N–H and O–H groups in total. The minimum absolute atomic E-state index is 0. The molecule has 0 spiro atoms. The summed E-state index contributed by atoms with van der Waals surface area (Å²) in [6, 6.07) is 3.54. The number of hydrogen-bond donors (Lipinski definition) is 1. The Morgan fingerprint density at radius 1 is 1.33 bits per heavy atom. The van der Waals surface area contributed by atoms with E-state index in [9.17, 15) is 0 Å². The van der Waals surface area contributed by atoms with Gasteiger partial charge in [-0.05, 0) is 44.0 Å². The molecule has 2 heterocycles. The van der Waals surface area contributed by atoms with E-state index < -0.39 is 0 Å². The van der Waals surface area contributed by atoms with E-state index in [1.165, 1.54) is 6.42 Å². The molecule has 3 rings (SSSR count). The summed E-state index contributed by atoms with van der Waals surface area (Å²) in [7, 11) is 3.11. The van der Waals surface area contributed by atoms with Gasteiger partial charge in [-0.15, -0.1) is 12.4 Å². The molecule has 0 bridgehead atoms. The van der Waals surface area contributed by atoms with Crippen LogP contribution in [-0.4, -0.2) is 37.4 Å². The average molecular weight is 374 g/mol. The van der Waals surface area contributed by atoms with Gasteiger partial charge in [0.2, 0.25) is 11.7 Å². The fourth-order valence-corrected chi connectivity index (χ4v) is 3.10. The summed E-state index contributed by atoms with van der Waals surface area (Å²) in [5.41, 5.74) is 0.741. The highest BCUT2D eigenvalue weighted by molar-refractivity contribution is 6.32. The molecule has 1 aliphatic rings. The molecule has 24 heavy (non-hydrogen) atoms. The lowest BCUT2D eigenvalue weighted by atomic mass is 10.0. The summed E-state index contributed by atoms with van der Waals surface area (Å²) in [6.45, 7) is 2.18. The van der Waals surface area contributed by atoms with Crippen LogP contribution in [0.5, 0.6) is 11.5 Å². The van der Waals surface area contributed by atoms with Gasteiger partial charge in [0, 0.05) is 12.0 Å². The van der Waals surface area contributed by atoms with Crippen LogP contribution < -0.4 is 14.8 Å². The lowest BCUT2D eigenvalue weighted by molar-refractivity contribution is 0.355. The number of nitrogens with zero attached hydrogens (tertiary/aromatic N) is 2. The van der Waals surface area contributed by atoms with E-state index in [0.29, 0.717) is 34.2 Å². The second-order valence-corrected chi connectivity index (χ2v) is 6.01. The molecule has 0 amide bonds. The van der Waals surface area contributed by atoms with Crippen LogP contribution in [0.15, 0.2) is 16.7 Å². The van der Waals surface area contributed by atoms with Crippen LogP contribution in [0.1, 0.15) is 18.7 Å². The first-order valence-electron chi connectivity index (χ1n) is 7.66. The molecule has 1 atom stereocenters. The lowest BCUT2D eigenvalue weighted by Crippen LogP contribution is -2.09. The predicted octanol–water partition coefficient (Wildman–Crippen LogP) is 3.37. The van der Waals surface area contributed by atoms with Gasteiger partial charge in [-0.2, -0.15) is 4.98 Å². The number of nitrogens with one attached hydrogen (secondary N) is 1. The Morgan fingerprint density at radius 2 is 2.17 bits per heavy atom. The molecule has 0 saturated carbocycles. The number of benzene rings is 1. The number of aryl methyl sites for hydroxylation is 1. The van der Waals surface area contributed by atoms with Gasteiger partial charge in [0.05, 0.1) is 19.2 Å². The van der Waals surface area contributed by atoms with Crippen molar-refractivity contribution < 1.29 is 14.0 Å². The van der Waals surface area contributed by atoms with E-state index in [4.69, 9.17) is 25.6 Å². The molecular weight excluding hydrogens is 353 g/mol. The Kier molecular flexibility index (Phi) is 6.71. The van der Waals surface area contributed by atoms with Crippen LogP contribution in [0.3, 0.4) is 0 Å². The maximum Gasteiger partial charge on any atom is 0.226 e. The van der Waals surface area contributed by atoms with Gasteiger partial charge >= 0.3 is 0 Å². The van der Waals surface area contributed by atoms with Crippen molar-refractivity contribution in [3.63, 3.8) is 0 Å². The summed E-state index contributed by atoms with van der Waals surface area (Å²) >= 11 is 6.22. The van der Waals surface area contributed by atoms with Crippen molar-refractivity contribution in [2.45, 2.75) is 19.3 Å². The predicted molar refractivity (Wildman–Crippen MR) is 94.4 cm³/mol. The molecule has 0 aliphatic carbocycles. The van der Waals surface area contributed by atoms with Gasteiger partial charge in [0.15, 0.2) is 11.5 Å².